The molecule has 9 heteroatoms. The van der Waals surface area contributed by atoms with E-state index in [1.807, 2.05) is 0 Å². The van der Waals surface area contributed by atoms with Gasteiger partial charge in [0.1, 0.15) is 13.2 Å². The van der Waals surface area contributed by atoms with Crippen molar-refractivity contribution in [2.45, 2.75) is 24.2 Å². The summed E-state index contributed by atoms with van der Waals surface area (Å²) in [5.41, 5.74) is 0. The average molecular weight is 398 g/mol. The number of hydrogen-bond acceptors (Lipinski definition) is 6. The number of nitrogens with one attached hydrogen (secondary N) is 1. The van der Waals surface area contributed by atoms with Crippen molar-refractivity contribution in [3.63, 3.8) is 0 Å². The van der Waals surface area contributed by atoms with Gasteiger partial charge in [-0.05, 0) is 31.4 Å². The van der Waals surface area contributed by atoms with Crippen LogP contribution in [0.3, 0.4) is 0 Å². The largest absolute Gasteiger partial charge is 0.486 e. The van der Waals surface area contributed by atoms with Crippen molar-refractivity contribution in [2.75, 3.05) is 46.6 Å². The van der Waals surface area contributed by atoms with Crippen LogP contribution in [0, 0.1) is 5.92 Å². The van der Waals surface area contributed by atoms with Crippen LogP contribution >= 0.6 is 0 Å². The summed E-state index contributed by atoms with van der Waals surface area (Å²) < 4.78 is 43.1. The minimum absolute atomic E-state index is 0.0116. The molecule has 150 valence electrons. The van der Waals surface area contributed by atoms with Gasteiger partial charge >= 0.3 is 0 Å². The molecule has 1 N–H and O–H groups in total. The molecule has 8 nitrogen and oxygen atoms in total. The highest BCUT2D eigenvalue weighted by Crippen LogP contribution is 2.34. The standard InChI is InChI=1S/C18H26N2O6S/c1-24-10-2-7-19-18(21)14-5-8-20(9-6-14)27(22,23)15-3-4-16-17(13-15)26-12-11-25-16/h3-4,13-14H,2,5-12H2,1H3,(H,19,21). The molecule has 0 aromatic heterocycles. The van der Waals surface area contributed by atoms with Crippen molar-refractivity contribution in [2.24, 2.45) is 5.92 Å². The fourth-order valence-electron chi connectivity index (χ4n) is 3.26. The molecule has 0 spiro atoms. The van der Waals surface area contributed by atoms with E-state index in [4.69, 9.17) is 14.2 Å². The van der Waals surface area contributed by atoms with Gasteiger partial charge in [0.15, 0.2) is 11.5 Å². The van der Waals surface area contributed by atoms with E-state index in [1.165, 1.54) is 16.4 Å². The summed E-state index contributed by atoms with van der Waals surface area (Å²) in [5, 5.41) is 2.89. The van der Waals surface area contributed by atoms with Crippen LogP contribution in [0.5, 0.6) is 11.5 Å². The molecule has 2 aliphatic rings. The molecule has 1 saturated heterocycles. The second kappa shape index (κ2) is 8.90. The third-order valence-corrected chi connectivity index (χ3v) is 6.70. The Balaban J connectivity index is 1.57. The van der Waals surface area contributed by atoms with E-state index < -0.39 is 10.0 Å². The topological polar surface area (TPSA) is 94.2 Å². The Morgan fingerprint density at radius 3 is 2.63 bits per heavy atom. The number of rotatable bonds is 7. The lowest BCUT2D eigenvalue weighted by Crippen LogP contribution is -2.43. The molecule has 1 aromatic rings. The summed E-state index contributed by atoms with van der Waals surface area (Å²) in [6, 6.07) is 4.68. The molecule has 1 aromatic carbocycles. The van der Waals surface area contributed by atoms with Crippen molar-refractivity contribution < 1.29 is 27.4 Å². The molecule has 2 heterocycles. The third-order valence-electron chi connectivity index (χ3n) is 4.80. The fraction of sp³-hybridized carbons (Fsp3) is 0.611. The maximum absolute atomic E-state index is 12.9. The van der Waals surface area contributed by atoms with Crippen LogP contribution in [0.4, 0.5) is 0 Å². The number of fused-ring (bicyclic) bond motifs is 1. The lowest BCUT2D eigenvalue weighted by atomic mass is 9.97. The van der Waals surface area contributed by atoms with Crippen molar-refractivity contribution in [1.82, 2.24) is 9.62 Å². The summed E-state index contributed by atoms with van der Waals surface area (Å²) in [7, 11) is -1.99. The number of carbonyl (C=O) groups excluding carboxylic acids is 1. The lowest BCUT2D eigenvalue weighted by Gasteiger charge is -2.30. The van der Waals surface area contributed by atoms with Crippen LogP contribution < -0.4 is 14.8 Å². The predicted molar refractivity (Wildman–Crippen MR) is 98.4 cm³/mol. The molecule has 3 rings (SSSR count). The van der Waals surface area contributed by atoms with Crippen LogP contribution in [0.1, 0.15) is 19.3 Å². The number of ether oxygens (including phenoxy) is 3. The zero-order valence-corrected chi connectivity index (χ0v) is 16.3. The Bertz CT molecular complexity index is 759. The van der Waals surface area contributed by atoms with Gasteiger partial charge in [-0.2, -0.15) is 4.31 Å². The van der Waals surface area contributed by atoms with Gasteiger partial charge in [-0.3, -0.25) is 4.79 Å². The molecular formula is C18H26N2O6S. The molecule has 0 radical (unpaired) electrons. The average Bonchev–Trinajstić information content (AvgIpc) is 2.70. The quantitative estimate of drug-likeness (QED) is 0.689. The van der Waals surface area contributed by atoms with Gasteiger partial charge < -0.3 is 19.5 Å². The summed E-state index contributed by atoms with van der Waals surface area (Å²) in [6.45, 7) is 2.69. The lowest BCUT2D eigenvalue weighted by molar-refractivity contribution is -0.126. The fourth-order valence-corrected chi connectivity index (χ4v) is 4.75. The molecule has 0 aliphatic carbocycles. The number of benzene rings is 1. The minimum Gasteiger partial charge on any atom is -0.486 e. The minimum atomic E-state index is -3.62. The molecule has 27 heavy (non-hydrogen) atoms. The highest BCUT2D eigenvalue weighted by molar-refractivity contribution is 7.89. The number of hydrogen-bond donors (Lipinski definition) is 1. The molecule has 1 amide bonds. The number of carbonyl (C=O) groups is 1. The van der Waals surface area contributed by atoms with Crippen LogP contribution in [-0.4, -0.2) is 65.2 Å². The normalized spacial score (nSPS) is 18.3. The first-order valence-corrected chi connectivity index (χ1v) is 10.6. The van der Waals surface area contributed by atoms with Gasteiger partial charge in [-0.25, -0.2) is 8.42 Å². The van der Waals surface area contributed by atoms with E-state index in [1.54, 1.807) is 13.2 Å². The van der Waals surface area contributed by atoms with Crippen molar-refractivity contribution in [3.05, 3.63) is 18.2 Å². The van der Waals surface area contributed by atoms with E-state index in [2.05, 4.69) is 5.32 Å². The molecule has 1 fully saturated rings. The molecule has 2 aliphatic heterocycles. The van der Waals surface area contributed by atoms with E-state index in [0.717, 1.165) is 6.42 Å². The third kappa shape index (κ3) is 4.72. The summed E-state index contributed by atoms with van der Waals surface area (Å²) in [6.07, 6.45) is 1.79. The monoisotopic (exact) mass is 398 g/mol. The maximum Gasteiger partial charge on any atom is 0.243 e. The predicted octanol–water partition coefficient (Wildman–Crippen LogP) is 1.01. The number of sulfonamides is 1. The SMILES string of the molecule is COCCCNC(=O)C1CCN(S(=O)(=O)c2ccc3c(c2)OCCO3)CC1. The van der Waals surface area contributed by atoms with Crippen molar-refractivity contribution in [3.8, 4) is 11.5 Å². The maximum atomic E-state index is 12.9. The smallest absolute Gasteiger partial charge is 0.243 e. The van der Waals surface area contributed by atoms with Crippen LogP contribution in [0.25, 0.3) is 0 Å². The van der Waals surface area contributed by atoms with E-state index in [-0.39, 0.29) is 16.7 Å². The second-order valence-electron chi connectivity index (χ2n) is 6.62. The summed E-state index contributed by atoms with van der Waals surface area (Å²) >= 11 is 0. The van der Waals surface area contributed by atoms with Gasteiger partial charge in [0, 0.05) is 45.3 Å². The van der Waals surface area contributed by atoms with E-state index in [0.29, 0.717) is 63.8 Å². The zero-order chi connectivity index (χ0) is 19.3. The molecular weight excluding hydrogens is 372 g/mol. The van der Waals surface area contributed by atoms with Crippen molar-refractivity contribution >= 4 is 15.9 Å². The highest BCUT2D eigenvalue weighted by Gasteiger charge is 2.32. The molecule has 0 unspecified atom stereocenters. The Kier molecular flexibility index (Phi) is 6.56. The van der Waals surface area contributed by atoms with Gasteiger partial charge in [-0.15, -0.1) is 0 Å². The second-order valence-corrected chi connectivity index (χ2v) is 8.56. The van der Waals surface area contributed by atoms with E-state index in [9.17, 15) is 13.2 Å². The molecule has 0 bridgehead atoms. The van der Waals surface area contributed by atoms with Gasteiger partial charge in [0.25, 0.3) is 0 Å². The van der Waals surface area contributed by atoms with Crippen LogP contribution in [0.15, 0.2) is 23.1 Å². The number of methoxy groups -OCH3 is 1. The van der Waals surface area contributed by atoms with Crippen molar-refractivity contribution in [1.29, 1.82) is 0 Å². The van der Waals surface area contributed by atoms with Gasteiger partial charge in [0.05, 0.1) is 4.90 Å². The van der Waals surface area contributed by atoms with Gasteiger partial charge in [-0.1, -0.05) is 0 Å². The summed E-state index contributed by atoms with van der Waals surface area (Å²) in [5.74, 6) is 0.846. The van der Waals surface area contributed by atoms with Crippen LogP contribution in [-0.2, 0) is 19.6 Å². The Labute approximate surface area is 159 Å². The first-order valence-electron chi connectivity index (χ1n) is 9.19. The number of amides is 1. The Morgan fingerprint density at radius 2 is 1.93 bits per heavy atom. The highest BCUT2D eigenvalue weighted by atomic mass is 32.2. The van der Waals surface area contributed by atoms with Crippen LogP contribution in [0.2, 0.25) is 0 Å². The first kappa shape index (κ1) is 19.9. The van der Waals surface area contributed by atoms with Gasteiger partial charge in [0.2, 0.25) is 15.9 Å². The number of piperidine rings is 1. The Morgan fingerprint density at radius 1 is 1.22 bits per heavy atom. The molecule has 0 saturated carbocycles. The first-order chi connectivity index (χ1) is 13.0. The molecule has 0 atom stereocenters. The Hall–Kier alpha value is -1.84. The van der Waals surface area contributed by atoms with E-state index >= 15 is 0 Å². The zero-order valence-electron chi connectivity index (χ0n) is 15.5. The summed E-state index contributed by atoms with van der Waals surface area (Å²) in [4.78, 5) is 12.4. The number of nitrogens with zero attached hydrogens (tertiary/aromatic N) is 1.